The van der Waals surface area contributed by atoms with Crippen LogP contribution >= 0.6 is 0 Å². The van der Waals surface area contributed by atoms with Crippen molar-refractivity contribution in [3.8, 4) is 0 Å². The zero-order chi connectivity index (χ0) is 7.68. The quantitative estimate of drug-likeness (QED) is 0.596. The van der Waals surface area contributed by atoms with Crippen LogP contribution in [0.4, 0.5) is 0 Å². The van der Waals surface area contributed by atoms with E-state index in [1.165, 1.54) is 11.1 Å². The Bertz CT molecular complexity index is 257. The summed E-state index contributed by atoms with van der Waals surface area (Å²) < 4.78 is 0. The SMILES string of the molecule is CC1Cc2cnccc2CN1. The van der Waals surface area contributed by atoms with Crippen molar-refractivity contribution >= 4 is 0 Å². The van der Waals surface area contributed by atoms with Crippen LogP contribution in [0.5, 0.6) is 0 Å². The average molecular weight is 148 g/mol. The molecule has 0 aliphatic carbocycles. The molecule has 2 nitrogen and oxygen atoms in total. The third-order valence-corrected chi connectivity index (χ3v) is 2.17. The summed E-state index contributed by atoms with van der Waals surface area (Å²) in [6.07, 6.45) is 4.95. The van der Waals surface area contributed by atoms with Crippen LogP contribution in [0.25, 0.3) is 0 Å². The molecule has 2 rings (SSSR count). The van der Waals surface area contributed by atoms with Gasteiger partial charge in [0.25, 0.3) is 0 Å². The van der Waals surface area contributed by atoms with Crippen molar-refractivity contribution in [3.63, 3.8) is 0 Å². The molecule has 2 heterocycles. The van der Waals surface area contributed by atoms with E-state index >= 15 is 0 Å². The summed E-state index contributed by atoms with van der Waals surface area (Å²) in [4.78, 5) is 4.10. The summed E-state index contributed by atoms with van der Waals surface area (Å²) >= 11 is 0. The lowest BCUT2D eigenvalue weighted by Crippen LogP contribution is -2.32. The number of hydrogen-bond donors (Lipinski definition) is 1. The highest BCUT2D eigenvalue weighted by molar-refractivity contribution is 5.26. The highest BCUT2D eigenvalue weighted by Crippen LogP contribution is 2.13. The molecular weight excluding hydrogens is 136 g/mol. The monoisotopic (exact) mass is 148 g/mol. The van der Waals surface area contributed by atoms with E-state index in [1.54, 1.807) is 0 Å². The lowest BCUT2D eigenvalue weighted by molar-refractivity contribution is 0.512. The summed E-state index contributed by atoms with van der Waals surface area (Å²) in [7, 11) is 0. The van der Waals surface area contributed by atoms with Gasteiger partial charge in [0.1, 0.15) is 0 Å². The highest BCUT2D eigenvalue weighted by atomic mass is 14.9. The van der Waals surface area contributed by atoms with E-state index in [4.69, 9.17) is 0 Å². The molecule has 0 fully saturated rings. The number of aromatic nitrogens is 1. The Morgan fingerprint density at radius 1 is 1.55 bits per heavy atom. The molecular formula is C9H12N2. The van der Waals surface area contributed by atoms with Crippen LogP contribution in [0.15, 0.2) is 18.5 Å². The molecule has 1 unspecified atom stereocenters. The minimum absolute atomic E-state index is 0.603. The minimum Gasteiger partial charge on any atom is -0.310 e. The standard InChI is InChI=1S/C9H12N2/c1-7-4-9-5-10-3-2-8(9)6-11-7/h2-3,5,7,11H,4,6H2,1H3. The molecule has 0 amide bonds. The van der Waals surface area contributed by atoms with Crippen LogP contribution in [-0.4, -0.2) is 11.0 Å². The van der Waals surface area contributed by atoms with Crippen LogP contribution in [0, 0.1) is 0 Å². The lowest BCUT2D eigenvalue weighted by atomic mass is 9.99. The van der Waals surface area contributed by atoms with Gasteiger partial charge < -0.3 is 5.32 Å². The first-order valence-electron chi connectivity index (χ1n) is 4.01. The van der Waals surface area contributed by atoms with Crippen LogP contribution in [0.2, 0.25) is 0 Å². The molecule has 1 atom stereocenters. The van der Waals surface area contributed by atoms with E-state index in [0.717, 1.165) is 13.0 Å². The number of nitrogens with one attached hydrogen (secondary N) is 1. The fourth-order valence-electron chi connectivity index (χ4n) is 1.50. The summed E-state index contributed by atoms with van der Waals surface area (Å²) in [5.41, 5.74) is 2.80. The maximum Gasteiger partial charge on any atom is 0.0303 e. The smallest absolute Gasteiger partial charge is 0.0303 e. The second-order valence-corrected chi connectivity index (χ2v) is 3.13. The van der Waals surface area contributed by atoms with Crippen LogP contribution in [0.1, 0.15) is 18.1 Å². The Morgan fingerprint density at radius 2 is 2.45 bits per heavy atom. The largest absolute Gasteiger partial charge is 0.310 e. The second-order valence-electron chi connectivity index (χ2n) is 3.13. The molecule has 1 aliphatic rings. The molecule has 1 N–H and O–H groups in total. The fourth-order valence-corrected chi connectivity index (χ4v) is 1.50. The van der Waals surface area contributed by atoms with Gasteiger partial charge in [0.05, 0.1) is 0 Å². The second kappa shape index (κ2) is 2.62. The molecule has 0 saturated carbocycles. The Balaban J connectivity index is 2.34. The van der Waals surface area contributed by atoms with Gasteiger partial charge in [-0.3, -0.25) is 4.98 Å². The molecule has 58 valence electrons. The molecule has 2 heteroatoms. The summed E-state index contributed by atoms with van der Waals surface area (Å²) in [5, 5.41) is 3.41. The molecule has 0 bridgehead atoms. The summed E-state index contributed by atoms with van der Waals surface area (Å²) in [6.45, 7) is 3.20. The molecule has 1 aromatic rings. The molecule has 0 aromatic carbocycles. The highest BCUT2D eigenvalue weighted by Gasteiger charge is 2.12. The number of rotatable bonds is 0. The molecule has 11 heavy (non-hydrogen) atoms. The topological polar surface area (TPSA) is 24.9 Å². The number of nitrogens with zero attached hydrogens (tertiary/aromatic N) is 1. The predicted molar refractivity (Wildman–Crippen MR) is 44.2 cm³/mol. The van der Waals surface area contributed by atoms with Crippen LogP contribution in [0.3, 0.4) is 0 Å². The number of pyridine rings is 1. The third kappa shape index (κ3) is 1.26. The summed E-state index contributed by atoms with van der Waals surface area (Å²) in [6, 6.07) is 2.69. The average Bonchev–Trinajstić information content (AvgIpc) is 2.04. The zero-order valence-electron chi connectivity index (χ0n) is 6.67. The Morgan fingerprint density at radius 3 is 3.36 bits per heavy atom. The van der Waals surface area contributed by atoms with Gasteiger partial charge in [-0.1, -0.05) is 0 Å². The first kappa shape index (κ1) is 6.80. The van der Waals surface area contributed by atoms with Crippen LogP contribution < -0.4 is 5.32 Å². The van der Waals surface area contributed by atoms with E-state index in [9.17, 15) is 0 Å². The van der Waals surface area contributed by atoms with Gasteiger partial charge in [0, 0.05) is 25.0 Å². The van der Waals surface area contributed by atoms with Gasteiger partial charge in [-0.15, -0.1) is 0 Å². The Kier molecular flexibility index (Phi) is 1.62. The molecule has 0 saturated heterocycles. The minimum atomic E-state index is 0.603. The number of hydrogen-bond acceptors (Lipinski definition) is 2. The van der Waals surface area contributed by atoms with E-state index < -0.39 is 0 Å². The Hall–Kier alpha value is -0.890. The molecule has 0 spiro atoms. The van der Waals surface area contributed by atoms with Crippen molar-refractivity contribution in [2.75, 3.05) is 0 Å². The van der Waals surface area contributed by atoms with Gasteiger partial charge >= 0.3 is 0 Å². The van der Waals surface area contributed by atoms with Crippen molar-refractivity contribution in [2.24, 2.45) is 0 Å². The summed E-state index contributed by atoms with van der Waals surface area (Å²) in [5.74, 6) is 0. The van der Waals surface area contributed by atoms with Crippen molar-refractivity contribution in [1.82, 2.24) is 10.3 Å². The van der Waals surface area contributed by atoms with Gasteiger partial charge in [-0.25, -0.2) is 0 Å². The van der Waals surface area contributed by atoms with E-state index in [0.29, 0.717) is 6.04 Å². The van der Waals surface area contributed by atoms with Crippen LogP contribution in [-0.2, 0) is 13.0 Å². The first-order chi connectivity index (χ1) is 5.36. The van der Waals surface area contributed by atoms with Gasteiger partial charge in [0.2, 0.25) is 0 Å². The van der Waals surface area contributed by atoms with E-state index in [1.807, 2.05) is 12.4 Å². The first-order valence-corrected chi connectivity index (χ1v) is 4.01. The molecule has 1 aromatic heterocycles. The van der Waals surface area contributed by atoms with Gasteiger partial charge in [0.15, 0.2) is 0 Å². The fraction of sp³-hybridized carbons (Fsp3) is 0.444. The van der Waals surface area contributed by atoms with Gasteiger partial charge in [-0.2, -0.15) is 0 Å². The van der Waals surface area contributed by atoms with Crippen molar-refractivity contribution in [1.29, 1.82) is 0 Å². The maximum absolute atomic E-state index is 4.10. The van der Waals surface area contributed by atoms with Crippen molar-refractivity contribution in [2.45, 2.75) is 25.9 Å². The maximum atomic E-state index is 4.10. The molecule has 0 radical (unpaired) electrons. The van der Waals surface area contributed by atoms with Gasteiger partial charge in [-0.05, 0) is 30.5 Å². The Labute approximate surface area is 66.7 Å². The van der Waals surface area contributed by atoms with Crippen molar-refractivity contribution < 1.29 is 0 Å². The van der Waals surface area contributed by atoms with Crippen molar-refractivity contribution in [3.05, 3.63) is 29.6 Å². The van der Waals surface area contributed by atoms with E-state index in [-0.39, 0.29) is 0 Å². The predicted octanol–water partition coefficient (Wildman–Crippen LogP) is 1.12. The zero-order valence-corrected chi connectivity index (χ0v) is 6.67. The third-order valence-electron chi connectivity index (χ3n) is 2.17. The number of fused-ring (bicyclic) bond motifs is 1. The molecule has 1 aliphatic heterocycles. The normalized spacial score (nSPS) is 22.8. The lowest BCUT2D eigenvalue weighted by Gasteiger charge is -2.22. The van der Waals surface area contributed by atoms with E-state index in [2.05, 4.69) is 23.3 Å².